The topological polar surface area (TPSA) is 66.8 Å². The van der Waals surface area contributed by atoms with Crippen LogP contribution in [0.5, 0.6) is 0 Å². The van der Waals surface area contributed by atoms with Crippen LogP contribution < -0.4 is 0 Å². The van der Waals surface area contributed by atoms with Crippen LogP contribution in [0, 0.1) is 0 Å². The average Bonchev–Trinajstić information content (AvgIpc) is 2.49. The summed E-state index contributed by atoms with van der Waals surface area (Å²) in [5.41, 5.74) is 0. The van der Waals surface area contributed by atoms with E-state index in [0.29, 0.717) is 26.1 Å². The Balaban J connectivity index is 2.14. The van der Waals surface area contributed by atoms with Gasteiger partial charge < -0.3 is 14.9 Å². The molecular weight excluding hydrogens is 276 g/mol. The van der Waals surface area contributed by atoms with Crippen molar-refractivity contribution in [2.24, 2.45) is 0 Å². The fourth-order valence-corrected chi connectivity index (χ4v) is 3.63. The Labute approximate surface area is 123 Å². The third-order valence-corrected chi connectivity index (χ3v) is 5.03. The van der Waals surface area contributed by atoms with Gasteiger partial charge in [0.05, 0.1) is 17.5 Å². The minimum Gasteiger partial charge on any atom is -0.394 e. The molecule has 20 heavy (non-hydrogen) atoms. The summed E-state index contributed by atoms with van der Waals surface area (Å²) in [6.45, 7) is 0.732. The molecular formula is C15H20O4S. The highest BCUT2D eigenvalue weighted by Crippen LogP contribution is 2.42. The molecule has 1 fully saturated rings. The zero-order chi connectivity index (χ0) is 14.4. The normalized spacial score (nSPS) is 19.5. The van der Waals surface area contributed by atoms with Gasteiger partial charge in [0, 0.05) is 24.5 Å². The number of hydrogen-bond donors (Lipinski definition) is 2. The minimum atomic E-state index is -0.974. The van der Waals surface area contributed by atoms with Crippen LogP contribution in [0.4, 0.5) is 0 Å². The number of Topliss-reactive ketones (excluding diaryl/α,β-unsaturated/α-hetero) is 1. The van der Waals surface area contributed by atoms with Crippen molar-refractivity contribution in [3.05, 3.63) is 30.3 Å². The molecule has 1 atom stereocenters. The molecule has 0 aliphatic carbocycles. The van der Waals surface area contributed by atoms with E-state index in [9.17, 15) is 9.90 Å². The Bertz CT molecular complexity index is 429. The van der Waals surface area contributed by atoms with Gasteiger partial charge in [-0.3, -0.25) is 4.79 Å². The summed E-state index contributed by atoms with van der Waals surface area (Å²) in [7, 11) is 0. The molecule has 2 N–H and O–H groups in total. The number of aliphatic hydroxyl groups excluding tert-OH is 2. The molecule has 0 aromatic heterocycles. The standard InChI is InChI=1S/C15H20O4S/c16-11-12(17)10-14(18)15(6-8-19-9-7-15)20-13-4-2-1-3-5-13/h1-5,12,16-17H,6-11H2/t12-/m0/s1. The second-order valence-electron chi connectivity index (χ2n) is 4.99. The second-order valence-corrected chi connectivity index (χ2v) is 6.44. The highest BCUT2D eigenvalue weighted by Gasteiger charge is 2.41. The van der Waals surface area contributed by atoms with E-state index in [0.717, 1.165) is 4.90 Å². The van der Waals surface area contributed by atoms with Crippen LogP contribution in [0.2, 0.25) is 0 Å². The number of ether oxygens (including phenoxy) is 1. The first-order valence-electron chi connectivity index (χ1n) is 6.80. The molecule has 0 unspecified atom stereocenters. The van der Waals surface area contributed by atoms with Crippen molar-refractivity contribution in [1.29, 1.82) is 0 Å². The maximum atomic E-state index is 12.5. The van der Waals surface area contributed by atoms with Crippen molar-refractivity contribution in [3.8, 4) is 0 Å². The molecule has 0 spiro atoms. The van der Waals surface area contributed by atoms with E-state index >= 15 is 0 Å². The lowest BCUT2D eigenvalue weighted by Gasteiger charge is -2.35. The molecule has 2 rings (SSSR count). The van der Waals surface area contributed by atoms with Gasteiger partial charge in [0.2, 0.25) is 0 Å². The van der Waals surface area contributed by atoms with Crippen molar-refractivity contribution < 1.29 is 19.7 Å². The van der Waals surface area contributed by atoms with Crippen LogP contribution in [0.1, 0.15) is 19.3 Å². The fourth-order valence-electron chi connectivity index (χ4n) is 2.32. The van der Waals surface area contributed by atoms with E-state index < -0.39 is 10.9 Å². The largest absolute Gasteiger partial charge is 0.394 e. The van der Waals surface area contributed by atoms with E-state index in [1.165, 1.54) is 0 Å². The molecule has 0 amide bonds. The first-order valence-corrected chi connectivity index (χ1v) is 7.62. The van der Waals surface area contributed by atoms with Crippen molar-refractivity contribution in [1.82, 2.24) is 0 Å². The Morgan fingerprint density at radius 1 is 1.30 bits per heavy atom. The van der Waals surface area contributed by atoms with Gasteiger partial charge in [-0.05, 0) is 25.0 Å². The van der Waals surface area contributed by atoms with Gasteiger partial charge >= 0.3 is 0 Å². The maximum absolute atomic E-state index is 12.5. The van der Waals surface area contributed by atoms with Crippen LogP contribution in [0.15, 0.2) is 35.2 Å². The van der Waals surface area contributed by atoms with Crippen LogP contribution in [-0.2, 0) is 9.53 Å². The van der Waals surface area contributed by atoms with Gasteiger partial charge in [0.25, 0.3) is 0 Å². The summed E-state index contributed by atoms with van der Waals surface area (Å²) >= 11 is 1.55. The number of hydrogen-bond acceptors (Lipinski definition) is 5. The highest BCUT2D eigenvalue weighted by atomic mass is 32.2. The maximum Gasteiger partial charge on any atom is 0.152 e. The van der Waals surface area contributed by atoms with E-state index in [1.807, 2.05) is 30.3 Å². The molecule has 1 aliphatic rings. The Hall–Kier alpha value is -0.880. The van der Waals surface area contributed by atoms with Crippen LogP contribution in [0.25, 0.3) is 0 Å². The number of rotatable bonds is 6. The molecule has 0 bridgehead atoms. The first kappa shape index (κ1) is 15.5. The smallest absolute Gasteiger partial charge is 0.152 e. The van der Waals surface area contributed by atoms with Crippen molar-refractivity contribution >= 4 is 17.5 Å². The van der Waals surface area contributed by atoms with Gasteiger partial charge in [-0.15, -0.1) is 11.8 Å². The molecule has 1 heterocycles. The SMILES string of the molecule is O=C(C[C@H](O)CO)C1(Sc2ccccc2)CCOCC1. The predicted octanol–water partition coefficient (Wildman–Crippen LogP) is 1.64. The number of thioether (sulfide) groups is 1. The molecule has 0 radical (unpaired) electrons. The van der Waals surface area contributed by atoms with Crippen LogP contribution in [-0.4, -0.2) is 46.7 Å². The van der Waals surface area contributed by atoms with Gasteiger partial charge in [-0.25, -0.2) is 0 Å². The lowest BCUT2D eigenvalue weighted by molar-refractivity contribution is -0.126. The third-order valence-electron chi connectivity index (χ3n) is 3.50. The molecule has 0 saturated carbocycles. The van der Waals surface area contributed by atoms with Gasteiger partial charge in [-0.1, -0.05) is 18.2 Å². The number of aliphatic hydroxyl groups is 2. The summed E-state index contributed by atoms with van der Waals surface area (Å²) in [4.78, 5) is 13.6. The number of ketones is 1. The zero-order valence-electron chi connectivity index (χ0n) is 11.3. The summed E-state index contributed by atoms with van der Waals surface area (Å²) in [5, 5.41) is 18.5. The van der Waals surface area contributed by atoms with Crippen molar-refractivity contribution in [2.45, 2.75) is 35.0 Å². The average molecular weight is 296 g/mol. The summed E-state index contributed by atoms with van der Waals surface area (Å²) in [6.07, 6.45) is 0.308. The lowest BCUT2D eigenvalue weighted by atomic mass is 9.91. The number of carbonyl (C=O) groups is 1. The Morgan fingerprint density at radius 3 is 2.55 bits per heavy atom. The zero-order valence-corrected chi connectivity index (χ0v) is 12.1. The fraction of sp³-hybridized carbons (Fsp3) is 0.533. The third kappa shape index (κ3) is 3.82. The monoisotopic (exact) mass is 296 g/mol. The second kappa shape index (κ2) is 7.22. The number of benzene rings is 1. The van der Waals surface area contributed by atoms with Crippen molar-refractivity contribution in [2.75, 3.05) is 19.8 Å². The molecule has 1 aromatic carbocycles. The Morgan fingerprint density at radius 2 is 1.95 bits per heavy atom. The van der Waals surface area contributed by atoms with E-state index in [1.54, 1.807) is 11.8 Å². The highest BCUT2D eigenvalue weighted by molar-refractivity contribution is 8.01. The lowest BCUT2D eigenvalue weighted by Crippen LogP contribution is -2.42. The van der Waals surface area contributed by atoms with Crippen LogP contribution >= 0.6 is 11.8 Å². The molecule has 1 aliphatic heterocycles. The summed E-state index contributed by atoms with van der Waals surface area (Å²) in [6, 6.07) is 9.80. The molecule has 4 nitrogen and oxygen atoms in total. The molecule has 1 aromatic rings. The predicted molar refractivity (Wildman–Crippen MR) is 77.8 cm³/mol. The van der Waals surface area contributed by atoms with E-state index in [4.69, 9.17) is 9.84 Å². The first-order chi connectivity index (χ1) is 9.66. The van der Waals surface area contributed by atoms with Crippen LogP contribution in [0.3, 0.4) is 0 Å². The quantitative estimate of drug-likeness (QED) is 0.835. The Kier molecular flexibility index (Phi) is 5.60. The minimum absolute atomic E-state index is 0.00352. The van der Waals surface area contributed by atoms with E-state index in [-0.39, 0.29) is 18.8 Å². The number of carbonyl (C=O) groups excluding carboxylic acids is 1. The summed E-state index contributed by atoms with van der Waals surface area (Å²) < 4.78 is 4.82. The summed E-state index contributed by atoms with van der Waals surface area (Å²) in [5.74, 6) is -0.00352. The van der Waals surface area contributed by atoms with Gasteiger partial charge in [-0.2, -0.15) is 0 Å². The molecule has 5 heteroatoms. The van der Waals surface area contributed by atoms with Crippen molar-refractivity contribution in [3.63, 3.8) is 0 Å². The van der Waals surface area contributed by atoms with Gasteiger partial charge in [0.1, 0.15) is 0 Å². The molecule has 1 saturated heterocycles. The van der Waals surface area contributed by atoms with Gasteiger partial charge in [0.15, 0.2) is 5.78 Å². The van der Waals surface area contributed by atoms with E-state index in [2.05, 4.69) is 0 Å². The molecule has 110 valence electrons.